The van der Waals surface area contributed by atoms with E-state index >= 15 is 0 Å². The molecule has 0 aromatic heterocycles. The van der Waals surface area contributed by atoms with Crippen LogP contribution < -0.4 is 0 Å². The highest BCUT2D eigenvalue weighted by atomic mass is 16.8. The number of benzene rings is 7. The van der Waals surface area contributed by atoms with Gasteiger partial charge in [-0.1, -0.05) is 164 Å². The lowest BCUT2D eigenvalue weighted by atomic mass is 9.96. The van der Waals surface area contributed by atoms with Gasteiger partial charge in [0.2, 0.25) is 0 Å². The van der Waals surface area contributed by atoms with E-state index in [0.29, 0.717) is 0 Å². The molecule has 0 bridgehead atoms. The molecule has 15 heteroatoms. The van der Waals surface area contributed by atoms with E-state index in [2.05, 4.69) is 0 Å². The fourth-order valence-electron chi connectivity index (χ4n) is 8.92. The average molecular weight is 1040 g/mol. The zero-order chi connectivity index (χ0) is 53.2. The topological polar surface area (TPSA) is 170 Å². The van der Waals surface area contributed by atoms with Crippen molar-refractivity contribution in [3.63, 3.8) is 0 Å². The molecule has 10 atom stereocenters. The lowest BCUT2D eigenvalue weighted by Crippen LogP contribution is -2.64. The average Bonchev–Trinajstić information content (AvgIpc) is 3.50. The van der Waals surface area contributed by atoms with E-state index in [1.54, 1.807) is 121 Å². The molecule has 2 fully saturated rings. The fraction of sp³-hybridized carbons (Fsp3) is 0.258. The van der Waals surface area contributed by atoms with Gasteiger partial charge in [-0.05, 0) is 65.2 Å². The molecule has 0 spiro atoms. The predicted octanol–water partition coefficient (Wildman–Crippen LogP) is 9.39. The van der Waals surface area contributed by atoms with Crippen LogP contribution in [0, 0.1) is 0 Å². The highest BCUT2D eigenvalue weighted by Crippen LogP contribution is 2.35. The first-order valence-electron chi connectivity index (χ1n) is 25.2. The van der Waals surface area contributed by atoms with E-state index in [4.69, 9.17) is 52.1 Å². The van der Waals surface area contributed by atoms with Crippen LogP contribution in [0.25, 0.3) is 0 Å². The number of hydrogen-bond donors (Lipinski definition) is 0. The second-order valence-electron chi connectivity index (χ2n) is 18.1. The van der Waals surface area contributed by atoms with Crippen LogP contribution in [0.5, 0.6) is 0 Å². The van der Waals surface area contributed by atoms with Gasteiger partial charge in [0.25, 0.3) is 0 Å². The Morgan fingerprint density at radius 3 is 1.10 bits per heavy atom. The number of hydrogen-bond acceptors (Lipinski definition) is 15. The van der Waals surface area contributed by atoms with Gasteiger partial charge in [0.1, 0.15) is 37.1 Å². The second kappa shape index (κ2) is 27.3. The highest BCUT2D eigenvalue weighted by molar-refractivity contribution is 5.91. The number of carbonyl (C=O) groups is 4. The standard InChI is InChI=1S/C62H58O15/c1-67-61-55(70-39-44-27-13-4-14-28-44)53(69-38-43-25-11-3-12-26-43)51(68-37-42-23-9-2-10-24-42)49(73-61)41-72-62-56(77-60(66)48-35-21-8-22-36-48)54(76-59(65)47-33-19-7-20-34-47)52(75-58(64)46-31-17-6-18-32-46)50(74-62)40-71-57(63)45-29-15-5-16-30-45/h2-36,49-56,61-62H,37-41H2,1H3/t49-,50-,51-,52-,53+,54+,55-,56+,61+,62+/m1/s1. The summed E-state index contributed by atoms with van der Waals surface area (Å²) in [5.41, 5.74) is 3.31. The Labute approximate surface area is 446 Å². The molecular formula is C62H58O15. The molecule has 0 amide bonds. The monoisotopic (exact) mass is 1040 g/mol. The Morgan fingerprint density at radius 2 is 0.675 bits per heavy atom. The molecule has 7 aromatic rings. The maximum Gasteiger partial charge on any atom is 0.338 e. The van der Waals surface area contributed by atoms with Crippen LogP contribution >= 0.6 is 0 Å². The Morgan fingerprint density at radius 1 is 0.338 bits per heavy atom. The zero-order valence-corrected chi connectivity index (χ0v) is 42.1. The van der Waals surface area contributed by atoms with Crippen molar-refractivity contribution in [1.29, 1.82) is 0 Å². The van der Waals surface area contributed by atoms with Gasteiger partial charge in [0.05, 0.1) is 48.7 Å². The molecule has 0 N–H and O–H groups in total. The predicted molar refractivity (Wildman–Crippen MR) is 279 cm³/mol. The third-order valence-electron chi connectivity index (χ3n) is 12.8. The van der Waals surface area contributed by atoms with Crippen LogP contribution in [0.15, 0.2) is 212 Å². The van der Waals surface area contributed by atoms with Gasteiger partial charge in [-0.25, -0.2) is 19.2 Å². The van der Waals surface area contributed by atoms with Crippen molar-refractivity contribution in [3.8, 4) is 0 Å². The van der Waals surface area contributed by atoms with Gasteiger partial charge in [0, 0.05) is 7.11 Å². The zero-order valence-electron chi connectivity index (χ0n) is 42.1. The molecule has 9 rings (SSSR count). The van der Waals surface area contributed by atoms with Crippen LogP contribution in [-0.2, 0) is 71.9 Å². The molecule has 0 radical (unpaired) electrons. The van der Waals surface area contributed by atoms with Gasteiger partial charge in [-0.2, -0.15) is 0 Å². The lowest BCUT2D eigenvalue weighted by molar-refractivity contribution is -0.340. The largest absolute Gasteiger partial charge is 0.459 e. The Balaban J connectivity index is 1.10. The van der Waals surface area contributed by atoms with Crippen molar-refractivity contribution in [2.45, 2.75) is 81.2 Å². The van der Waals surface area contributed by atoms with Crippen molar-refractivity contribution in [1.82, 2.24) is 0 Å². The van der Waals surface area contributed by atoms with Gasteiger partial charge >= 0.3 is 23.9 Å². The molecule has 77 heavy (non-hydrogen) atoms. The molecule has 2 aliphatic rings. The number of carbonyl (C=O) groups excluding carboxylic acids is 4. The molecule has 0 saturated carbocycles. The quantitative estimate of drug-likeness (QED) is 0.0464. The molecule has 15 nitrogen and oxygen atoms in total. The Bertz CT molecular complexity index is 2920. The van der Waals surface area contributed by atoms with Gasteiger partial charge in [-0.15, -0.1) is 0 Å². The van der Waals surface area contributed by atoms with E-state index in [0.717, 1.165) is 16.7 Å². The molecule has 0 unspecified atom stereocenters. The summed E-state index contributed by atoms with van der Waals surface area (Å²) < 4.78 is 71.3. The molecular weight excluding hydrogens is 985 g/mol. The molecule has 396 valence electrons. The minimum atomic E-state index is -1.66. The van der Waals surface area contributed by atoms with Gasteiger partial charge in [0.15, 0.2) is 30.9 Å². The summed E-state index contributed by atoms with van der Waals surface area (Å²) in [5, 5.41) is 0. The fourth-order valence-corrected chi connectivity index (χ4v) is 8.92. The van der Waals surface area contributed by atoms with Crippen molar-refractivity contribution < 1.29 is 71.3 Å². The van der Waals surface area contributed by atoms with Gasteiger partial charge in [-0.3, -0.25) is 0 Å². The smallest absolute Gasteiger partial charge is 0.338 e. The minimum absolute atomic E-state index is 0.123. The summed E-state index contributed by atoms with van der Waals surface area (Å²) in [6.07, 6.45) is -12.7. The highest BCUT2D eigenvalue weighted by Gasteiger charge is 2.55. The van der Waals surface area contributed by atoms with E-state index in [9.17, 15) is 19.2 Å². The second-order valence-corrected chi connectivity index (χ2v) is 18.1. The maximum atomic E-state index is 14.3. The van der Waals surface area contributed by atoms with E-state index < -0.39 is 91.9 Å². The Hall–Kier alpha value is -7.86. The molecule has 2 aliphatic heterocycles. The van der Waals surface area contributed by atoms with Crippen LogP contribution in [0.1, 0.15) is 58.1 Å². The third kappa shape index (κ3) is 14.5. The SMILES string of the molecule is CO[C@H]1O[C@H](CO[C@H]2O[C@H](COC(=O)c3ccccc3)[C@@H](OC(=O)c3ccccc3)[C@H](OC(=O)c3ccccc3)[C@@H]2OC(=O)c2ccccc2)[C@@H](OCc2ccccc2)[C@H](OCc2ccccc2)[C@H]1OCc1ccccc1. The molecule has 7 aromatic carbocycles. The first kappa shape index (κ1) is 53.9. The van der Waals surface area contributed by atoms with E-state index in [1.165, 1.54) is 7.11 Å². The Kier molecular flexibility index (Phi) is 19.1. The number of esters is 4. The molecule has 0 aliphatic carbocycles. The summed E-state index contributed by atoms with van der Waals surface area (Å²) in [7, 11) is 1.49. The first-order valence-corrected chi connectivity index (χ1v) is 25.2. The van der Waals surface area contributed by atoms with Crippen LogP contribution in [-0.4, -0.2) is 106 Å². The van der Waals surface area contributed by atoms with E-state index in [-0.39, 0.29) is 48.7 Å². The van der Waals surface area contributed by atoms with Crippen LogP contribution in [0.2, 0.25) is 0 Å². The van der Waals surface area contributed by atoms with Crippen molar-refractivity contribution in [2.75, 3.05) is 20.3 Å². The van der Waals surface area contributed by atoms with Crippen molar-refractivity contribution in [2.24, 2.45) is 0 Å². The number of methoxy groups -OCH3 is 1. The van der Waals surface area contributed by atoms with Crippen molar-refractivity contribution in [3.05, 3.63) is 251 Å². The van der Waals surface area contributed by atoms with Gasteiger partial charge < -0.3 is 52.1 Å². The summed E-state index contributed by atoms with van der Waals surface area (Å²) in [6.45, 7) is -0.437. The number of ether oxygens (including phenoxy) is 11. The third-order valence-corrected chi connectivity index (χ3v) is 12.8. The number of rotatable bonds is 22. The molecule has 2 heterocycles. The van der Waals surface area contributed by atoms with Crippen LogP contribution in [0.3, 0.4) is 0 Å². The first-order chi connectivity index (χ1) is 37.8. The summed E-state index contributed by atoms with van der Waals surface area (Å²) >= 11 is 0. The summed E-state index contributed by atoms with van der Waals surface area (Å²) in [6, 6.07) is 61.6. The minimum Gasteiger partial charge on any atom is -0.459 e. The summed E-state index contributed by atoms with van der Waals surface area (Å²) in [5.74, 6) is -3.26. The normalized spacial score (nSPS) is 23.0. The maximum absolute atomic E-state index is 14.3. The van der Waals surface area contributed by atoms with Crippen molar-refractivity contribution >= 4 is 23.9 Å². The summed E-state index contributed by atoms with van der Waals surface area (Å²) in [4.78, 5) is 56.4. The molecule has 2 saturated heterocycles. The lowest BCUT2D eigenvalue weighted by Gasteiger charge is -2.47. The van der Waals surface area contributed by atoms with Crippen LogP contribution in [0.4, 0.5) is 0 Å². The van der Waals surface area contributed by atoms with E-state index in [1.807, 2.05) is 91.0 Å².